The van der Waals surface area contributed by atoms with Gasteiger partial charge in [0, 0.05) is 25.4 Å². The number of aromatic nitrogens is 1. The predicted molar refractivity (Wildman–Crippen MR) is 96.6 cm³/mol. The Morgan fingerprint density at radius 1 is 1.30 bits per heavy atom. The molecule has 3 rings (SSSR count). The first-order valence-electron chi connectivity index (χ1n) is 8.71. The number of nitrogens with two attached hydrogens (primary N) is 1. The summed E-state index contributed by atoms with van der Waals surface area (Å²) in [5, 5.41) is 2.83. The maximum absolute atomic E-state index is 12.9. The van der Waals surface area contributed by atoms with E-state index in [0.29, 0.717) is 25.4 Å². The van der Waals surface area contributed by atoms with Gasteiger partial charge in [-0.1, -0.05) is 12.1 Å². The number of rotatable bonds is 5. The van der Waals surface area contributed by atoms with E-state index in [4.69, 9.17) is 10.5 Å². The fourth-order valence-electron chi connectivity index (χ4n) is 2.92. The van der Waals surface area contributed by atoms with Crippen molar-refractivity contribution in [3.63, 3.8) is 0 Å². The first-order valence-corrected chi connectivity index (χ1v) is 8.71. The molecule has 0 bridgehead atoms. The number of pyridine rings is 1. The zero-order valence-electron chi connectivity index (χ0n) is 14.7. The van der Waals surface area contributed by atoms with Crippen molar-refractivity contribution in [2.75, 3.05) is 13.1 Å². The van der Waals surface area contributed by atoms with Gasteiger partial charge in [0.1, 0.15) is 23.4 Å². The topological polar surface area (TPSA) is 97.6 Å². The molecule has 2 heterocycles. The van der Waals surface area contributed by atoms with Crippen LogP contribution in [0.15, 0.2) is 42.6 Å². The van der Waals surface area contributed by atoms with Crippen molar-refractivity contribution >= 4 is 11.9 Å². The van der Waals surface area contributed by atoms with Crippen molar-refractivity contribution in [3.05, 3.63) is 59.7 Å². The number of carbonyl (C=O) groups is 2. The number of nitrogens with zero attached hydrogens (tertiary/aromatic N) is 2. The number of piperidine rings is 1. The molecule has 0 saturated carbocycles. The number of halogens is 1. The SMILES string of the molecule is NC(=O)c1cc(OC2CCCN(C(=O)NCc3ccc(F)cc3)C2)ccn1. The highest BCUT2D eigenvalue weighted by atomic mass is 19.1. The highest BCUT2D eigenvalue weighted by Gasteiger charge is 2.25. The average Bonchev–Trinajstić information content (AvgIpc) is 2.67. The number of benzene rings is 1. The third-order valence-corrected chi connectivity index (χ3v) is 4.31. The Hall–Kier alpha value is -3.16. The molecule has 27 heavy (non-hydrogen) atoms. The van der Waals surface area contributed by atoms with E-state index >= 15 is 0 Å². The second-order valence-electron chi connectivity index (χ2n) is 6.35. The van der Waals surface area contributed by atoms with Crippen molar-refractivity contribution in [3.8, 4) is 5.75 Å². The van der Waals surface area contributed by atoms with E-state index in [1.54, 1.807) is 23.1 Å². The van der Waals surface area contributed by atoms with E-state index in [-0.39, 0.29) is 23.6 Å². The Morgan fingerprint density at radius 3 is 2.81 bits per heavy atom. The lowest BCUT2D eigenvalue weighted by molar-refractivity contribution is 0.0981. The molecule has 0 aliphatic carbocycles. The summed E-state index contributed by atoms with van der Waals surface area (Å²) >= 11 is 0. The molecule has 1 fully saturated rings. The molecule has 1 unspecified atom stereocenters. The van der Waals surface area contributed by atoms with Crippen LogP contribution in [0, 0.1) is 5.82 Å². The highest BCUT2D eigenvalue weighted by Crippen LogP contribution is 2.19. The summed E-state index contributed by atoms with van der Waals surface area (Å²) in [6.07, 6.45) is 2.89. The normalized spacial score (nSPS) is 16.6. The number of hydrogen-bond acceptors (Lipinski definition) is 4. The van der Waals surface area contributed by atoms with E-state index in [1.165, 1.54) is 24.4 Å². The Bertz CT molecular complexity index is 813. The number of urea groups is 1. The van der Waals surface area contributed by atoms with Gasteiger partial charge in [-0.3, -0.25) is 9.78 Å². The van der Waals surface area contributed by atoms with E-state index in [1.807, 2.05) is 0 Å². The second-order valence-corrected chi connectivity index (χ2v) is 6.35. The summed E-state index contributed by atoms with van der Waals surface area (Å²) in [7, 11) is 0. The number of primary amides is 1. The first kappa shape index (κ1) is 18.6. The van der Waals surface area contributed by atoms with Crippen LogP contribution in [0.1, 0.15) is 28.9 Å². The smallest absolute Gasteiger partial charge is 0.317 e. The molecule has 142 valence electrons. The zero-order chi connectivity index (χ0) is 19.2. The molecule has 1 aromatic heterocycles. The summed E-state index contributed by atoms with van der Waals surface area (Å²) in [4.78, 5) is 29.2. The minimum Gasteiger partial charge on any atom is -0.488 e. The monoisotopic (exact) mass is 372 g/mol. The third-order valence-electron chi connectivity index (χ3n) is 4.31. The molecule has 0 radical (unpaired) electrons. The van der Waals surface area contributed by atoms with Gasteiger partial charge in [-0.05, 0) is 36.6 Å². The van der Waals surface area contributed by atoms with Crippen LogP contribution < -0.4 is 15.8 Å². The van der Waals surface area contributed by atoms with Crippen LogP contribution in [-0.2, 0) is 6.54 Å². The van der Waals surface area contributed by atoms with Crippen molar-refractivity contribution in [1.29, 1.82) is 0 Å². The first-order chi connectivity index (χ1) is 13.0. The molecule has 1 aliphatic heterocycles. The predicted octanol–water partition coefficient (Wildman–Crippen LogP) is 2.07. The van der Waals surface area contributed by atoms with Gasteiger partial charge in [-0.2, -0.15) is 0 Å². The van der Waals surface area contributed by atoms with Crippen LogP contribution in [0.2, 0.25) is 0 Å². The largest absolute Gasteiger partial charge is 0.488 e. The molecular weight excluding hydrogens is 351 g/mol. The fraction of sp³-hybridized carbons (Fsp3) is 0.316. The van der Waals surface area contributed by atoms with Gasteiger partial charge in [0.15, 0.2) is 0 Å². The van der Waals surface area contributed by atoms with Crippen LogP contribution in [0.4, 0.5) is 9.18 Å². The summed E-state index contributed by atoms with van der Waals surface area (Å²) < 4.78 is 18.8. The van der Waals surface area contributed by atoms with Crippen molar-refractivity contribution in [2.45, 2.75) is 25.5 Å². The number of nitrogens with one attached hydrogen (secondary N) is 1. The standard InChI is InChI=1S/C19H21FN4O3/c20-14-5-3-13(4-6-14)11-23-19(26)24-9-1-2-16(12-24)27-15-7-8-22-17(10-15)18(21)25/h3-8,10,16H,1-2,9,11-12H2,(H2,21,25)(H,23,26). The number of ether oxygens (including phenoxy) is 1. The molecule has 8 heteroatoms. The quantitative estimate of drug-likeness (QED) is 0.840. The minimum atomic E-state index is -0.620. The van der Waals surface area contributed by atoms with Gasteiger partial charge in [-0.25, -0.2) is 9.18 Å². The molecule has 1 aliphatic rings. The Kier molecular flexibility index (Phi) is 5.85. The molecule has 3 amide bonds. The Labute approximate surface area is 156 Å². The van der Waals surface area contributed by atoms with Gasteiger partial charge in [0.2, 0.25) is 0 Å². The van der Waals surface area contributed by atoms with Crippen molar-refractivity contribution < 1.29 is 18.7 Å². The summed E-state index contributed by atoms with van der Waals surface area (Å²) in [5.74, 6) is -0.431. The number of likely N-dealkylation sites (tertiary alicyclic amines) is 1. The number of hydrogen-bond donors (Lipinski definition) is 2. The molecule has 7 nitrogen and oxygen atoms in total. The van der Waals surface area contributed by atoms with Gasteiger partial charge >= 0.3 is 6.03 Å². The van der Waals surface area contributed by atoms with E-state index in [0.717, 1.165) is 18.4 Å². The van der Waals surface area contributed by atoms with Gasteiger partial charge in [0.25, 0.3) is 5.91 Å². The lowest BCUT2D eigenvalue weighted by Gasteiger charge is -2.33. The zero-order valence-corrected chi connectivity index (χ0v) is 14.7. The Balaban J connectivity index is 1.53. The van der Waals surface area contributed by atoms with E-state index in [2.05, 4.69) is 10.3 Å². The van der Waals surface area contributed by atoms with Gasteiger partial charge in [0.05, 0.1) is 6.54 Å². The molecule has 2 aromatic rings. The lowest BCUT2D eigenvalue weighted by atomic mass is 10.1. The fourth-order valence-corrected chi connectivity index (χ4v) is 2.92. The number of amides is 3. The maximum atomic E-state index is 12.9. The molecular formula is C19H21FN4O3. The molecule has 0 spiro atoms. The second kappa shape index (κ2) is 8.48. The minimum absolute atomic E-state index is 0.136. The summed E-state index contributed by atoms with van der Waals surface area (Å²) in [6, 6.07) is 8.95. The summed E-state index contributed by atoms with van der Waals surface area (Å²) in [5.41, 5.74) is 6.19. The number of carbonyl (C=O) groups excluding carboxylic acids is 2. The van der Waals surface area contributed by atoms with Crippen molar-refractivity contribution in [2.24, 2.45) is 5.73 Å². The van der Waals surface area contributed by atoms with Crippen LogP contribution in [0.3, 0.4) is 0 Å². The van der Waals surface area contributed by atoms with Gasteiger partial charge < -0.3 is 20.7 Å². The van der Waals surface area contributed by atoms with Gasteiger partial charge in [-0.15, -0.1) is 0 Å². The van der Waals surface area contributed by atoms with Crippen LogP contribution in [0.5, 0.6) is 5.75 Å². The van der Waals surface area contributed by atoms with Crippen LogP contribution in [0.25, 0.3) is 0 Å². The van der Waals surface area contributed by atoms with Crippen LogP contribution >= 0.6 is 0 Å². The average molecular weight is 372 g/mol. The molecule has 1 atom stereocenters. The highest BCUT2D eigenvalue weighted by molar-refractivity contribution is 5.91. The van der Waals surface area contributed by atoms with Crippen LogP contribution in [-0.4, -0.2) is 41.0 Å². The summed E-state index contributed by atoms with van der Waals surface area (Å²) in [6.45, 7) is 1.40. The van der Waals surface area contributed by atoms with E-state index < -0.39 is 5.91 Å². The molecule has 1 saturated heterocycles. The maximum Gasteiger partial charge on any atom is 0.317 e. The molecule has 1 aromatic carbocycles. The molecule has 3 N–H and O–H groups in total. The van der Waals surface area contributed by atoms with E-state index in [9.17, 15) is 14.0 Å². The lowest BCUT2D eigenvalue weighted by Crippen LogP contribution is -2.48. The Morgan fingerprint density at radius 2 is 2.07 bits per heavy atom. The van der Waals surface area contributed by atoms with Crippen molar-refractivity contribution in [1.82, 2.24) is 15.2 Å². The third kappa shape index (κ3) is 5.16.